The average molecular weight is 327 g/mol. The van der Waals surface area contributed by atoms with E-state index in [1.54, 1.807) is 38.6 Å². The molecule has 2 aromatic heterocycles. The SMILES string of the molecule is CNCc1ccc(-c2cn(C)c(=O)c3cnccc23)c(F)c1OC. The van der Waals surface area contributed by atoms with E-state index in [-0.39, 0.29) is 11.3 Å². The van der Waals surface area contributed by atoms with Gasteiger partial charge in [-0.25, -0.2) is 4.39 Å². The summed E-state index contributed by atoms with van der Waals surface area (Å²) in [5.41, 5.74) is 1.58. The molecule has 0 radical (unpaired) electrons. The van der Waals surface area contributed by atoms with Crippen LogP contribution >= 0.6 is 0 Å². The number of rotatable bonds is 4. The Morgan fingerprint density at radius 2 is 2.04 bits per heavy atom. The van der Waals surface area contributed by atoms with Crippen molar-refractivity contribution in [3.8, 4) is 16.9 Å². The summed E-state index contributed by atoms with van der Waals surface area (Å²) in [5.74, 6) is -0.236. The van der Waals surface area contributed by atoms with Gasteiger partial charge in [-0.1, -0.05) is 12.1 Å². The van der Waals surface area contributed by atoms with Crippen LogP contribution in [0.25, 0.3) is 21.9 Å². The molecule has 0 aliphatic carbocycles. The summed E-state index contributed by atoms with van der Waals surface area (Å²) in [7, 11) is 4.88. The predicted octanol–water partition coefficient (Wildman–Crippen LogP) is 2.47. The molecular formula is C18H18FN3O2. The monoisotopic (exact) mass is 327 g/mol. The molecule has 0 fully saturated rings. The van der Waals surface area contributed by atoms with Crippen molar-refractivity contribution in [2.75, 3.05) is 14.2 Å². The molecule has 0 unspecified atom stereocenters. The van der Waals surface area contributed by atoms with Gasteiger partial charge < -0.3 is 14.6 Å². The molecule has 2 heterocycles. The van der Waals surface area contributed by atoms with Gasteiger partial charge in [0.1, 0.15) is 0 Å². The van der Waals surface area contributed by atoms with Crippen LogP contribution in [-0.4, -0.2) is 23.7 Å². The summed E-state index contributed by atoms with van der Waals surface area (Å²) in [6.45, 7) is 0.498. The van der Waals surface area contributed by atoms with Crippen molar-refractivity contribution in [1.29, 1.82) is 0 Å². The highest BCUT2D eigenvalue weighted by atomic mass is 19.1. The highest BCUT2D eigenvalue weighted by Crippen LogP contribution is 2.34. The molecule has 0 aliphatic rings. The molecule has 0 spiro atoms. The van der Waals surface area contributed by atoms with E-state index in [1.165, 1.54) is 17.9 Å². The number of fused-ring (bicyclic) bond motifs is 1. The molecule has 0 bridgehead atoms. The summed E-state index contributed by atoms with van der Waals surface area (Å²) in [4.78, 5) is 16.3. The molecule has 1 aromatic carbocycles. The largest absolute Gasteiger partial charge is 0.493 e. The summed E-state index contributed by atoms with van der Waals surface area (Å²) >= 11 is 0. The molecule has 0 saturated carbocycles. The molecule has 24 heavy (non-hydrogen) atoms. The van der Waals surface area contributed by atoms with Crippen LogP contribution in [-0.2, 0) is 13.6 Å². The smallest absolute Gasteiger partial charge is 0.259 e. The molecule has 5 nitrogen and oxygen atoms in total. The Kier molecular flexibility index (Phi) is 4.31. The fourth-order valence-electron chi connectivity index (χ4n) is 2.88. The van der Waals surface area contributed by atoms with E-state index in [4.69, 9.17) is 4.74 Å². The van der Waals surface area contributed by atoms with Crippen LogP contribution in [0.15, 0.2) is 41.6 Å². The van der Waals surface area contributed by atoms with Gasteiger partial charge in [0.2, 0.25) is 0 Å². The van der Waals surface area contributed by atoms with Crippen LogP contribution in [0.5, 0.6) is 5.75 Å². The van der Waals surface area contributed by atoms with E-state index in [0.717, 1.165) is 5.56 Å². The maximum atomic E-state index is 15.0. The number of hydrogen-bond donors (Lipinski definition) is 1. The van der Waals surface area contributed by atoms with Crippen molar-refractivity contribution in [2.45, 2.75) is 6.54 Å². The lowest BCUT2D eigenvalue weighted by atomic mass is 9.99. The molecule has 3 rings (SSSR count). The van der Waals surface area contributed by atoms with Crippen LogP contribution in [0.3, 0.4) is 0 Å². The lowest BCUT2D eigenvalue weighted by molar-refractivity contribution is 0.381. The first-order valence-electron chi connectivity index (χ1n) is 7.52. The first-order chi connectivity index (χ1) is 11.6. The van der Waals surface area contributed by atoms with Crippen LogP contribution in [0.2, 0.25) is 0 Å². The van der Waals surface area contributed by atoms with Crippen molar-refractivity contribution in [2.24, 2.45) is 7.05 Å². The number of pyridine rings is 2. The van der Waals surface area contributed by atoms with E-state index in [9.17, 15) is 4.79 Å². The van der Waals surface area contributed by atoms with Crippen molar-refractivity contribution in [3.63, 3.8) is 0 Å². The maximum absolute atomic E-state index is 15.0. The third kappa shape index (κ3) is 2.55. The molecule has 1 N–H and O–H groups in total. The molecule has 0 aliphatic heterocycles. The van der Waals surface area contributed by atoms with Gasteiger partial charge in [0.15, 0.2) is 11.6 Å². The van der Waals surface area contributed by atoms with Gasteiger partial charge in [0.25, 0.3) is 5.56 Å². The predicted molar refractivity (Wildman–Crippen MR) is 91.7 cm³/mol. The number of aromatic nitrogens is 2. The summed E-state index contributed by atoms with van der Waals surface area (Å²) in [6.07, 6.45) is 4.74. The quantitative estimate of drug-likeness (QED) is 0.800. The van der Waals surface area contributed by atoms with E-state index in [2.05, 4.69) is 10.3 Å². The minimum atomic E-state index is -0.443. The van der Waals surface area contributed by atoms with Gasteiger partial charge in [-0.15, -0.1) is 0 Å². The maximum Gasteiger partial charge on any atom is 0.259 e. The van der Waals surface area contributed by atoms with Gasteiger partial charge in [0.05, 0.1) is 12.5 Å². The van der Waals surface area contributed by atoms with Gasteiger partial charge >= 0.3 is 0 Å². The molecule has 3 aromatic rings. The third-order valence-electron chi connectivity index (χ3n) is 4.02. The zero-order valence-corrected chi connectivity index (χ0v) is 13.8. The van der Waals surface area contributed by atoms with E-state index in [0.29, 0.717) is 28.4 Å². The molecule has 0 amide bonds. The van der Waals surface area contributed by atoms with Crippen molar-refractivity contribution in [3.05, 3.63) is 58.5 Å². The summed E-state index contributed by atoms with van der Waals surface area (Å²) in [5, 5.41) is 4.11. The van der Waals surface area contributed by atoms with E-state index < -0.39 is 5.82 Å². The minimum Gasteiger partial charge on any atom is -0.493 e. The van der Waals surface area contributed by atoms with Gasteiger partial charge in [-0.05, 0) is 18.5 Å². The Morgan fingerprint density at radius 3 is 2.75 bits per heavy atom. The number of nitrogens with zero attached hydrogens (tertiary/aromatic N) is 2. The van der Waals surface area contributed by atoms with Crippen molar-refractivity contribution >= 4 is 10.8 Å². The first kappa shape index (κ1) is 16.1. The van der Waals surface area contributed by atoms with Gasteiger partial charge in [-0.3, -0.25) is 9.78 Å². The van der Waals surface area contributed by atoms with Crippen LogP contribution in [0.4, 0.5) is 4.39 Å². The van der Waals surface area contributed by atoms with Gasteiger partial charge in [-0.2, -0.15) is 0 Å². The number of benzene rings is 1. The molecular weight excluding hydrogens is 309 g/mol. The fourth-order valence-corrected chi connectivity index (χ4v) is 2.88. The second-order valence-electron chi connectivity index (χ2n) is 5.53. The number of methoxy groups -OCH3 is 1. The average Bonchev–Trinajstić information content (AvgIpc) is 2.59. The zero-order valence-electron chi connectivity index (χ0n) is 13.8. The Labute approximate surface area is 138 Å². The standard InChI is InChI=1S/C18H18FN3O2/c1-20-8-11-4-5-13(16(19)17(11)24-3)15-10-22(2)18(23)14-9-21-7-6-12(14)15/h4-7,9-10,20H,8H2,1-3H3. The fraction of sp³-hybridized carbons (Fsp3) is 0.222. The summed E-state index contributed by atoms with van der Waals surface area (Å²) < 4.78 is 21.7. The van der Waals surface area contributed by atoms with Crippen molar-refractivity contribution in [1.82, 2.24) is 14.9 Å². The Balaban J connectivity index is 2.33. The van der Waals surface area contributed by atoms with Crippen LogP contribution < -0.4 is 15.6 Å². The molecule has 0 atom stereocenters. The van der Waals surface area contributed by atoms with Crippen LogP contribution in [0, 0.1) is 5.82 Å². The van der Waals surface area contributed by atoms with E-state index >= 15 is 4.39 Å². The number of nitrogens with one attached hydrogen (secondary N) is 1. The normalized spacial score (nSPS) is 11.0. The molecule has 124 valence electrons. The lowest BCUT2D eigenvalue weighted by Crippen LogP contribution is -2.17. The Morgan fingerprint density at radius 1 is 1.25 bits per heavy atom. The number of aryl methyl sites for hydroxylation is 1. The molecule has 0 saturated heterocycles. The highest BCUT2D eigenvalue weighted by molar-refractivity contribution is 5.95. The summed E-state index contributed by atoms with van der Waals surface area (Å²) in [6, 6.07) is 5.26. The highest BCUT2D eigenvalue weighted by Gasteiger charge is 2.18. The zero-order chi connectivity index (χ0) is 17.3. The van der Waals surface area contributed by atoms with Crippen LogP contribution in [0.1, 0.15) is 5.56 Å². The van der Waals surface area contributed by atoms with E-state index in [1.807, 2.05) is 6.07 Å². The topological polar surface area (TPSA) is 56.2 Å². The Bertz CT molecular complexity index is 966. The second kappa shape index (κ2) is 6.41. The minimum absolute atomic E-state index is 0.166. The Hall–Kier alpha value is -2.73. The third-order valence-corrected chi connectivity index (χ3v) is 4.02. The first-order valence-corrected chi connectivity index (χ1v) is 7.52. The number of ether oxygens (including phenoxy) is 1. The van der Waals surface area contributed by atoms with Crippen molar-refractivity contribution < 1.29 is 9.13 Å². The van der Waals surface area contributed by atoms with Gasteiger partial charge in [0, 0.05) is 48.9 Å². The lowest BCUT2D eigenvalue weighted by Gasteiger charge is -2.15. The molecule has 6 heteroatoms. The second-order valence-corrected chi connectivity index (χ2v) is 5.53. The number of hydrogen-bond acceptors (Lipinski definition) is 4. The number of halogens is 1.